The van der Waals surface area contributed by atoms with E-state index in [1.54, 1.807) is 6.92 Å². The summed E-state index contributed by atoms with van der Waals surface area (Å²) in [5, 5.41) is 2.54. The molecule has 1 aromatic carbocycles. The van der Waals surface area contributed by atoms with E-state index in [1.165, 1.54) is 16.4 Å². The number of carbonyl (C=O) groups is 2. The maximum atomic E-state index is 12.8. The molecule has 10 heteroatoms. The second-order valence-corrected chi connectivity index (χ2v) is 9.29. The third kappa shape index (κ3) is 5.68. The van der Waals surface area contributed by atoms with Crippen LogP contribution >= 0.6 is 0 Å². The SMILES string of the molecule is CCOC(=O)c1ccc(S(=O)(=O)N2CCC(C(=O)NCCOc3ccccc3C)CC2)o1. The summed E-state index contributed by atoms with van der Waals surface area (Å²) in [5.41, 5.74) is 1.03. The van der Waals surface area contributed by atoms with E-state index in [-0.39, 0.29) is 42.4 Å². The average Bonchev–Trinajstić information content (AvgIpc) is 3.29. The maximum Gasteiger partial charge on any atom is 0.374 e. The quantitative estimate of drug-likeness (QED) is 0.447. The molecule has 1 amide bonds. The van der Waals surface area contributed by atoms with Crippen molar-refractivity contribution in [1.82, 2.24) is 9.62 Å². The second kappa shape index (κ2) is 10.6. The molecule has 1 aliphatic heterocycles. The molecule has 0 spiro atoms. The molecular weight excluding hydrogens is 436 g/mol. The minimum absolute atomic E-state index is 0.113. The first kappa shape index (κ1) is 23.8. The Morgan fingerprint density at radius 2 is 1.88 bits per heavy atom. The summed E-state index contributed by atoms with van der Waals surface area (Å²) in [7, 11) is -3.89. The first-order chi connectivity index (χ1) is 15.3. The van der Waals surface area contributed by atoms with Crippen LogP contribution in [0.1, 0.15) is 35.9 Å². The molecule has 3 rings (SSSR count). The van der Waals surface area contributed by atoms with Crippen LogP contribution in [0.2, 0.25) is 0 Å². The number of benzene rings is 1. The van der Waals surface area contributed by atoms with Crippen LogP contribution in [0.5, 0.6) is 5.75 Å². The van der Waals surface area contributed by atoms with Crippen LogP contribution in [-0.2, 0) is 19.6 Å². The number of ether oxygens (including phenoxy) is 2. The zero-order valence-corrected chi connectivity index (χ0v) is 19.0. The number of carbonyl (C=O) groups excluding carboxylic acids is 2. The van der Waals surface area contributed by atoms with E-state index in [0.717, 1.165) is 11.3 Å². The van der Waals surface area contributed by atoms with Gasteiger partial charge in [-0.15, -0.1) is 0 Å². The number of piperidine rings is 1. The lowest BCUT2D eigenvalue weighted by Gasteiger charge is -2.29. The molecule has 0 radical (unpaired) electrons. The number of rotatable bonds is 9. The van der Waals surface area contributed by atoms with Gasteiger partial charge < -0.3 is 19.2 Å². The van der Waals surface area contributed by atoms with Crippen LogP contribution in [0.4, 0.5) is 0 Å². The molecule has 1 saturated heterocycles. The molecule has 1 N–H and O–H groups in total. The number of hydrogen-bond donors (Lipinski definition) is 1. The Labute approximate surface area is 187 Å². The topological polar surface area (TPSA) is 115 Å². The zero-order chi connectivity index (χ0) is 23.1. The summed E-state index contributed by atoms with van der Waals surface area (Å²) in [5.74, 6) is -0.475. The average molecular weight is 465 g/mol. The van der Waals surface area contributed by atoms with E-state index < -0.39 is 16.0 Å². The molecule has 1 fully saturated rings. The molecule has 0 saturated carbocycles. The molecule has 174 valence electrons. The fourth-order valence-corrected chi connectivity index (χ4v) is 4.84. The number of hydrogen-bond acceptors (Lipinski definition) is 7. The number of sulfonamides is 1. The van der Waals surface area contributed by atoms with E-state index in [2.05, 4.69) is 5.32 Å². The van der Waals surface area contributed by atoms with Crippen LogP contribution in [0.25, 0.3) is 0 Å². The fraction of sp³-hybridized carbons (Fsp3) is 0.455. The molecule has 2 heterocycles. The maximum absolute atomic E-state index is 12.8. The number of para-hydroxylation sites is 1. The fourth-order valence-electron chi connectivity index (χ4n) is 3.45. The molecule has 0 unspecified atom stereocenters. The monoisotopic (exact) mass is 464 g/mol. The Morgan fingerprint density at radius 3 is 2.56 bits per heavy atom. The third-order valence-corrected chi connectivity index (χ3v) is 7.00. The predicted octanol–water partition coefficient (Wildman–Crippen LogP) is 2.36. The smallest absolute Gasteiger partial charge is 0.374 e. The lowest BCUT2D eigenvalue weighted by Crippen LogP contribution is -2.43. The summed E-state index contributed by atoms with van der Waals surface area (Å²) < 4.78 is 42.6. The summed E-state index contributed by atoms with van der Waals surface area (Å²) in [6, 6.07) is 10.2. The Kier molecular flexibility index (Phi) is 7.92. The van der Waals surface area contributed by atoms with Crippen LogP contribution in [0, 0.1) is 12.8 Å². The van der Waals surface area contributed by atoms with Gasteiger partial charge in [0.15, 0.2) is 0 Å². The predicted molar refractivity (Wildman–Crippen MR) is 116 cm³/mol. The summed E-state index contributed by atoms with van der Waals surface area (Å²) in [4.78, 5) is 24.1. The van der Waals surface area contributed by atoms with Crippen molar-refractivity contribution in [1.29, 1.82) is 0 Å². The molecule has 1 aromatic heterocycles. The van der Waals surface area contributed by atoms with Crippen molar-refractivity contribution in [2.75, 3.05) is 32.8 Å². The molecule has 9 nitrogen and oxygen atoms in total. The first-order valence-corrected chi connectivity index (χ1v) is 12.0. The van der Waals surface area contributed by atoms with Crippen molar-refractivity contribution in [2.45, 2.75) is 31.8 Å². The highest BCUT2D eigenvalue weighted by atomic mass is 32.2. The highest BCUT2D eigenvalue weighted by Crippen LogP contribution is 2.25. The van der Waals surface area contributed by atoms with Crippen LogP contribution in [0.3, 0.4) is 0 Å². The van der Waals surface area contributed by atoms with E-state index >= 15 is 0 Å². The molecule has 1 aliphatic rings. The van der Waals surface area contributed by atoms with Crippen LogP contribution < -0.4 is 10.1 Å². The van der Waals surface area contributed by atoms with Gasteiger partial charge >= 0.3 is 5.97 Å². The van der Waals surface area contributed by atoms with Gasteiger partial charge in [-0.25, -0.2) is 13.2 Å². The first-order valence-electron chi connectivity index (χ1n) is 10.6. The number of nitrogens with one attached hydrogen (secondary N) is 1. The Balaban J connectivity index is 1.46. The van der Waals surface area contributed by atoms with Crippen LogP contribution in [0.15, 0.2) is 45.9 Å². The standard InChI is InChI=1S/C22H28N2O7S/c1-3-29-22(26)19-8-9-20(31-19)32(27,28)24-13-10-17(11-14-24)21(25)23-12-15-30-18-7-5-4-6-16(18)2/h4-9,17H,3,10-15H2,1-2H3,(H,23,25). The largest absolute Gasteiger partial charge is 0.491 e. The number of furan rings is 1. The van der Waals surface area contributed by atoms with Crippen molar-refractivity contribution < 1.29 is 31.9 Å². The van der Waals surface area contributed by atoms with Gasteiger partial charge in [-0.1, -0.05) is 18.2 Å². The van der Waals surface area contributed by atoms with Gasteiger partial charge in [-0.05, 0) is 50.5 Å². The van der Waals surface area contributed by atoms with Gasteiger partial charge in [0.25, 0.3) is 10.0 Å². The summed E-state index contributed by atoms with van der Waals surface area (Å²) >= 11 is 0. The lowest BCUT2D eigenvalue weighted by molar-refractivity contribution is -0.126. The molecule has 2 aromatic rings. The minimum atomic E-state index is -3.89. The molecular formula is C22H28N2O7S. The van der Waals surface area contributed by atoms with Crippen molar-refractivity contribution in [3.8, 4) is 5.75 Å². The van der Waals surface area contributed by atoms with Crippen molar-refractivity contribution in [3.63, 3.8) is 0 Å². The van der Waals surface area contributed by atoms with Gasteiger partial charge in [0.05, 0.1) is 13.2 Å². The Bertz CT molecular complexity index is 1040. The van der Waals surface area contributed by atoms with Gasteiger partial charge in [0.1, 0.15) is 12.4 Å². The van der Waals surface area contributed by atoms with Gasteiger partial charge in [-0.2, -0.15) is 4.31 Å². The molecule has 0 bridgehead atoms. The van der Waals surface area contributed by atoms with Gasteiger partial charge in [0, 0.05) is 19.0 Å². The second-order valence-electron chi connectivity index (χ2n) is 7.42. The van der Waals surface area contributed by atoms with E-state index in [4.69, 9.17) is 13.9 Å². The van der Waals surface area contributed by atoms with E-state index in [9.17, 15) is 18.0 Å². The van der Waals surface area contributed by atoms with Crippen LogP contribution in [-0.4, -0.2) is 57.4 Å². The van der Waals surface area contributed by atoms with Gasteiger partial charge in [-0.3, -0.25) is 4.79 Å². The highest BCUT2D eigenvalue weighted by molar-refractivity contribution is 7.89. The number of aryl methyl sites for hydroxylation is 1. The minimum Gasteiger partial charge on any atom is -0.491 e. The number of amides is 1. The van der Waals surface area contributed by atoms with Gasteiger partial charge in [0.2, 0.25) is 16.8 Å². The van der Waals surface area contributed by atoms with Crippen molar-refractivity contribution in [2.24, 2.45) is 5.92 Å². The highest BCUT2D eigenvalue weighted by Gasteiger charge is 2.34. The molecule has 0 aliphatic carbocycles. The Morgan fingerprint density at radius 1 is 1.16 bits per heavy atom. The normalized spacial score (nSPS) is 15.3. The Hall–Kier alpha value is -2.85. The summed E-state index contributed by atoms with van der Waals surface area (Å²) in [6.45, 7) is 4.87. The number of esters is 1. The van der Waals surface area contributed by atoms with Crippen molar-refractivity contribution in [3.05, 3.63) is 47.7 Å². The number of nitrogens with zero attached hydrogens (tertiary/aromatic N) is 1. The molecule has 0 atom stereocenters. The van der Waals surface area contributed by atoms with E-state index in [1.807, 2.05) is 31.2 Å². The van der Waals surface area contributed by atoms with Crippen molar-refractivity contribution >= 4 is 21.9 Å². The van der Waals surface area contributed by atoms with E-state index in [0.29, 0.717) is 26.0 Å². The third-order valence-electron chi connectivity index (χ3n) is 5.23. The summed E-state index contributed by atoms with van der Waals surface area (Å²) in [6.07, 6.45) is 0.796. The molecule has 32 heavy (non-hydrogen) atoms. The zero-order valence-electron chi connectivity index (χ0n) is 18.2. The lowest BCUT2D eigenvalue weighted by atomic mass is 9.97.